The summed E-state index contributed by atoms with van der Waals surface area (Å²) in [5, 5.41) is 10.1. The molecule has 1 amide bonds. The van der Waals surface area contributed by atoms with Crippen molar-refractivity contribution in [2.45, 2.75) is 12.3 Å². The minimum Gasteiger partial charge on any atom is -0.369 e. The minimum atomic E-state index is 0.0874. The Bertz CT molecular complexity index is 648. The number of anilines is 1. The molecule has 2 aromatic heterocycles. The number of likely N-dealkylation sites (tertiary alicyclic amines) is 1. The zero-order valence-corrected chi connectivity index (χ0v) is 11.0. The van der Waals surface area contributed by atoms with Crippen molar-refractivity contribution in [3.8, 4) is 0 Å². The van der Waals surface area contributed by atoms with Gasteiger partial charge in [-0.15, -0.1) is 0 Å². The monoisotopic (exact) mass is 269 g/mol. The van der Waals surface area contributed by atoms with Crippen molar-refractivity contribution >= 4 is 11.7 Å². The van der Waals surface area contributed by atoms with Crippen LogP contribution in [0.15, 0.2) is 24.7 Å². The molecule has 6 heteroatoms. The lowest BCUT2D eigenvalue weighted by atomic mass is 9.96. The van der Waals surface area contributed by atoms with Gasteiger partial charge in [-0.1, -0.05) is 0 Å². The summed E-state index contributed by atoms with van der Waals surface area (Å²) < 4.78 is 0. The largest absolute Gasteiger partial charge is 0.369 e. The molecule has 2 aliphatic rings. The molecule has 102 valence electrons. The highest BCUT2D eigenvalue weighted by Crippen LogP contribution is 2.35. The lowest BCUT2D eigenvalue weighted by Crippen LogP contribution is -2.42. The van der Waals surface area contributed by atoms with Crippen molar-refractivity contribution in [2.24, 2.45) is 0 Å². The van der Waals surface area contributed by atoms with Crippen LogP contribution in [0.25, 0.3) is 0 Å². The Morgan fingerprint density at radius 2 is 2.25 bits per heavy atom. The zero-order chi connectivity index (χ0) is 13.5. The average Bonchev–Trinajstić information content (AvgIpc) is 3.04. The molecule has 0 aliphatic carbocycles. The van der Waals surface area contributed by atoms with Crippen molar-refractivity contribution in [3.63, 3.8) is 0 Å². The van der Waals surface area contributed by atoms with Crippen molar-refractivity contribution < 1.29 is 4.79 Å². The highest BCUT2D eigenvalue weighted by atomic mass is 16.2. The zero-order valence-electron chi connectivity index (χ0n) is 11.0. The van der Waals surface area contributed by atoms with Gasteiger partial charge in [0.1, 0.15) is 5.82 Å². The summed E-state index contributed by atoms with van der Waals surface area (Å²) in [6.07, 6.45) is 6.49. The first-order chi connectivity index (χ1) is 9.83. The maximum absolute atomic E-state index is 12.3. The number of H-pyrrole nitrogens is 1. The van der Waals surface area contributed by atoms with Gasteiger partial charge in [0.15, 0.2) is 0 Å². The Morgan fingerprint density at radius 1 is 1.35 bits per heavy atom. The summed E-state index contributed by atoms with van der Waals surface area (Å²) in [6, 6.07) is 1.97. The molecule has 4 rings (SSSR count). The van der Waals surface area contributed by atoms with Gasteiger partial charge in [-0.3, -0.25) is 9.89 Å². The third-order valence-electron chi connectivity index (χ3n) is 4.08. The Labute approximate surface area is 116 Å². The average molecular weight is 269 g/mol. The van der Waals surface area contributed by atoms with Crippen LogP contribution in [0.3, 0.4) is 0 Å². The lowest BCUT2D eigenvalue weighted by Gasteiger charge is -2.30. The molecule has 2 aliphatic heterocycles. The van der Waals surface area contributed by atoms with E-state index in [4.69, 9.17) is 0 Å². The number of nitrogens with zero attached hydrogens (tertiary/aromatic N) is 3. The van der Waals surface area contributed by atoms with E-state index in [2.05, 4.69) is 20.5 Å². The van der Waals surface area contributed by atoms with Gasteiger partial charge < -0.3 is 10.2 Å². The van der Waals surface area contributed by atoms with Crippen molar-refractivity contribution in [1.82, 2.24) is 20.1 Å². The number of nitrogens with one attached hydrogen (secondary N) is 2. The van der Waals surface area contributed by atoms with Crippen LogP contribution in [-0.2, 0) is 0 Å². The molecule has 1 atom stereocenters. The van der Waals surface area contributed by atoms with Gasteiger partial charge in [0.25, 0.3) is 5.91 Å². The molecule has 1 fully saturated rings. The number of rotatable bonds is 2. The fourth-order valence-corrected chi connectivity index (χ4v) is 2.77. The summed E-state index contributed by atoms with van der Waals surface area (Å²) in [4.78, 5) is 18.5. The second-order valence-electron chi connectivity index (χ2n) is 5.27. The number of fused-ring (bicyclic) bond motifs is 1. The molecule has 2 aromatic rings. The van der Waals surface area contributed by atoms with Crippen molar-refractivity contribution in [3.05, 3.63) is 41.3 Å². The predicted molar refractivity (Wildman–Crippen MR) is 73.7 cm³/mol. The predicted octanol–water partition coefficient (Wildman–Crippen LogP) is 1.21. The Kier molecular flexibility index (Phi) is 2.48. The number of aromatic nitrogens is 3. The molecule has 6 nitrogen and oxygen atoms in total. The van der Waals surface area contributed by atoms with Gasteiger partial charge in [0.2, 0.25) is 0 Å². The second-order valence-corrected chi connectivity index (χ2v) is 5.27. The Morgan fingerprint density at radius 3 is 2.95 bits per heavy atom. The minimum absolute atomic E-state index is 0.0874. The lowest BCUT2D eigenvalue weighted by molar-refractivity contribution is 0.0651. The summed E-state index contributed by atoms with van der Waals surface area (Å²) in [6.45, 7) is 2.52. The molecule has 2 N–H and O–H groups in total. The summed E-state index contributed by atoms with van der Waals surface area (Å²) in [7, 11) is 0. The maximum atomic E-state index is 12.3. The van der Waals surface area contributed by atoms with E-state index >= 15 is 0 Å². The highest BCUT2D eigenvalue weighted by Gasteiger charge is 2.28. The number of amides is 1. The SMILES string of the molecule is O=C(c1cnc2c(c1)C(c1cn[nH]c1)CN2)N1CCC1. The van der Waals surface area contributed by atoms with Gasteiger partial charge in [0.05, 0.1) is 11.8 Å². The normalized spacial score (nSPS) is 20.2. The molecule has 4 heterocycles. The van der Waals surface area contributed by atoms with Gasteiger partial charge in [0, 0.05) is 43.5 Å². The van der Waals surface area contributed by atoms with E-state index in [9.17, 15) is 4.79 Å². The van der Waals surface area contributed by atoms with E-state index in [1.165, 1.54) is 0 Å². The molecular weight excluding hydrogens is 254 g/mol. The molecule has 20 heavy (non-hydrogen) atoms. The standard InChI is InChI=1S/C14H15N5O/c20-14(19-2-1-3-19)9-4-11-12(10-6-17-18-7-10)8-16-13(11)15-5-9/h4-7,12H,1-3,8H2,(H,15,16)(H,17,18). The van der Waals surface area contributed by atoms with Crippen LogP contribution in [0.1, 0.15) is 33.8 Å². The third-order valence-corrected chi connectivity index (χ3v) is 4.08. The maximum Gasteiger partial charge on any atom is 0.255 e. The van der Waals surface area contributed by atoms with E-state index in [0.717, 1.165) is 43.0 Å². The first kappa shape index (κ1) is 11.5. The van der Waals surface area contributed by atoms with E-state index in [0.29, 0.717) is 5.56 Å². The van der Waals surface area contributed by atoms with E-state index in [1.54, 1.807) is 6.20 Å². The first-order valence-electron chi connectivity index (χ1n) is 6.85. The highest BCUT2D eigenvalue weighted by molar-refractivity contribution is 5.95. The number of carbonyl (C=O) groups is 1. The van der Waals surface area contributed by atoms with E-state index in [-0.39, 0.29) is 11.8 Å². The van der Waals surface area contributed by atoms with Gasteiger partial charge in [-0.2, -0.15) is 5.10 Å². The molecule has 0 radical (unpaired) electrons. The summed E-state index contributed by atoms with van der Waals surface area (Å²) in [5.41, 5.74) is 2.88. The molecule has 0 saturated carbocycles. The first-order valence-corrected chi connectivity index (χ1v) is 6.85. The van der Waals surface area contributed by atoms with Crippen LogP contribution in [0.4, 0.5) is 5.82 Å². The third kappa shape index (κ3) is 1.68. The molecule has 0 aromatic carbocycles. The topological polar surface area (TPSA) is 73.9 Å². The van der Waals surface area contributed by atoms with E-state index in [1.807, 2.05) is 23.4 Å². The molecule has 1 saturated heterocycles. The smallest absolute Gasteiger partial charge is 0.255 e. The fourth-order valence-electron chi connectivity index (χ4n) is 2.77. The fraction of sp³-hybridized carbons (Fsp3) is 0.357. The van der Waals surface area contributed by atoms with Crippen LogP contribution < -0.4 is 5.32 Å². The summed E-state index contributed by atoms with van der Waals surface area (Å²) in [5.74, 6) is 1.17. The molecule has 0 spiro atoms. The number of carbonyl (C=O) groups excluding carboxylic acids is 1. The molecule has 1 unspecified atom stereocenters. The van der Waals surface area contributed by atoms with Crippen LogP contribution >= 0.6 is 0 Å². The Balaban J connectivity index is 1.69. The van der Waals surface area contributed by atoms with Crippen LogP contribution in [0.2, 0.25) is 0 Å². The van der Waals surface area contributed by atoms with Crippen molar-refractivity contribution in [2.75, 3.05) is 25.0 Å². The number of hydrogen-bond donors (Lipinski definition) is 2. The van der Waals surface area contributed by atoms with Crippen molar-refractivity contribution in [1.29, 1.82) is 0 Å². The molecular formula is C14H15N5O. The second kappa shape index (κ2) is 4.33. The number of hydrogen-bond acceptors (Lipinski definition) is 4. The number of pyridine rings is 1. The van der Waals surface area contributed by atoms with Gasteiger partial charge in [-0.25, -0.2) is 4.98 Å². The van der Waals surface area contributed by atoms with Crippen LogP contribution in [-0.4, -0.2) is 45.6 Å². The molecule has 0 bridgehead atoms. The summed E-state index contributed by atoms with van der Waals surface area (Å²) >= 11 is 0. The van der Waals surface area contributed by atoms with Gasteiger partial charge in [-0.05, 0) is 18.1 Å². The Hall–Kier alpha value is -2.37. The van der Waals surface area contributed by atoms with Gasteiger partial charge >= 0.3 is 0 Å². The van der Waals surface area contributed by atoms with E-state index < -0.39 is 0 Å². The van der Waals surface area contributed by atoms with Crippen LogP contribution in [0, 0.1) is 0 Å². The number of aromatic amines is 1. The quantitative estimate of drug-likeness (QED) is 0.859. The van der Waals surface area contributed by atoms with Crippen LogP contribution in [0.5, 0.6) is 0 Å².